The van der Waals surface area contributed by atoms with E-state index in [9.17, 15) is 9.59 Å². The summed E-state index contributed by atoms with van der Waals surface area (Å²) in [5.74, 6) is 1.14. The number of pyridine rings is 1. The van der Waals surface area contributed by atoms with Crippen molar-refractivity contribution in [2.24, 2.45) is 0 Å². The van der Waals surface area contributed by atoms with Crippen LogP contribution in [0.3, 0.4) is 0 Å². The Labute approximate surface area is 182 Å². The predicted molar refractivity (Wildman–Crippen MR) is 117 cm³/mol. The molecule has 1 aromatic heterocycles. The van der Waals surface area contributed by atoms with Crippen molar-refractivity contribution in [3.05, 3.63) is 53.9 Å². The van der Waals surface area contributed by atoms with Crippen LogP contribution < -0.4 is 20.1 Å². The monoisotopic (exact) mass is 426 g/mol. The van der Waals surface area contributed by atoms with Crippen LogP contribution in [0, 0.1) is 0 Å². The molecule has 1 aromatic carbocycles. The Balaban J connectivity index is 1.55. The lowest BCUT2D eigenvalue weighted by Gasteiger charge is -2.34. The molecule has 1 aliphatic heterocycles. The van der Waals surface area contributed by atoms with Crippen molar-refractivity contribution in [3.8, 4) is 11.5 Å². The van der Waals surface area contributed by atoms with Crippen LogP contribution >= 0.6 is 0 Å². The Morgan fingerprint density at radius 1 is 1.23 bits per heavy atom. The first-order valence-electron chi connectivity index (χ1n) is 10.5. The Morgan fingerprint density at radius 2 is 2.00 bits per heavy atom. The lowest BCUT2D eigenvalue weighted by Crippen LogP contribution is -2.56. The fraction of sp³-hybridized carbons (Fsp3) is 0.435. The number of carbonyl (C=O) groups excluding carboxylic acids is 2. The first kappa shape index (κ1) is 22.6. The summed E-state index contributed by atoms with van der Waals surface area (Å²) >= 11 is 0. The molecule has 0 aliphatic carbocycles. The van der Waals surface area contributed by atoms with Gasteiger partial charge < -0.3 is 20.1 Å². The maximum absolute atomic E-state index is 12.5. The van der Waals surface area contributed by atoms with Crippen molar-refractivity contribution in [2.45, 2.75) is 31.8 Å². The average Bonchev–Trinajstić information content (AvgIpc) is 2.79. The van der Waals surface area contributed by atoms with Gasteiger partial charge in [-0.25, -0.2) is 0 Å². The fourth-order valence-corrected chi connectivity index (χ4v) is 3.68. The number of methoxy groups -OCH3 is 2. The lowest BCUT2D eigenvalue weighted by atomic mass is 10.1. The molecule has 8 nitrogen and oxygen atoms in total. The number of piperazine rings is 1. The minimum atomic E-state index is -0.510. The second kappa shape index (κ2) is 11.3. The van der Waals surface area contributed by atoms with E-state index < -0.39 is 6.04 Å². The third-order valence-electron chi connectivity index (χ3n) is 5.30. The molecule has 2 amide bonds. The Morgan fingerprint density at radius 3 is 2.68 bits per heavy atom. The van der Waals surface area contributed by atoms with Gasteiger partial charge in [-0.15, -0.1) is 0 Å². The summed E-state index contributed by atoms with van der Waals surface area (Å²) < 4.78 is 10.7. The largest absolute Gasteiger partial charge is 0.497 e. The van der Waals surface area contributed by atoms with E-state index in [1.807, 2.05) is 41.4 Å². The highest BCUT2D eigenvalue weighted by molar-refractivity contribution is 5.88. The second-order valence-corrected chi connectivity index (χ2v) is 7.52. The number of carbonyl (C=O) groups is 2. The zero-order valence-electron chi connectivity index (χ0n) is 18.1. The van der Waals surface area contributed by atoms with E-state index >= 15 is 0 Å². The SMILES string of the molecule is COc1cc(CN2CCNC(=O)C2CC(=O)NCCCc2cccnc2)cc(OC)c1. The van der Waals surface area contributed by atoms with Crippen LogP contribution in [0.25, 0.3) is 0 Å². The molecule has 1 unspecified atom stereocenters. The summed E-state index contributed by atoms with van der Waals surface area (Å²) in [7, 11) is 3.21. The molecule has 2 N–H and O–H groups in total. The third-order valence-corrected chi connectivity index (χ3v) is 5.30. The maximum atomic E-state index is 12.5. The van der Waals surface area contributed by atoms with Crippen LogP contribution in [-0.4, -0.2) is 61.6 Å². The van der Waals surface area contributed by atoms with Crippen LogP contribution in [0.5, 0.6) is 11.5 Å². The highest BCUT2D eigenvalue weighted by Crippen LogP contribution is 2.24. The molecule has 1 fully saturated rings. The van der Waals surface area contributed by atoms with Gasteiger partial charge in [0.2, 0.25) is 11.8 Å². The van der Waals surface area contributed by atoms with E-state index in [2.05, 4.69) is 15.6 Å². The number of hydrogen-bond donors (Lipinski definition) is 2. The molecule has 1 aliphatic rings. The average molecular weight is 427 g/mol. The van der Waals surface area contributed by atoms with E-state index in [0.717, 1.165) is 24.0 Å². The molecule has 1 atom stereocenters. The second-order valence-electron chi connectivity index (χ2n) is 7.52. The number of nitrogens with zero attached hydrogens (tertiary/aromatic N) is 2. The Bertz CT molecular complexity index is 853. The van der Waals surface area contributed by atoms with E-state index in [1.54, 1.807) is 20.4 Å². The topological polar surface area (TPSA) is 92.8 Å². The summed E-state index contributed by atoms with van der Waals surface area (Å²) in [5, 5.41) is 5.81. The fourth-order valence-electron chi connectivity index (χ4n) is 3.68. The van der Waals surface area contributed by atoms with Gasteiger partial charge in [0.1, 0.15) is 11.5 Å². The van der Waals surface area contributed by atoms with E-state index in [4.69, 9.17) is 9.47 Å². The zero-order valence-corrected chi connectivity index (χ0v) is 18.1. The van der Waals surface area contributed by atoms with Gasteiger partial charge in [-0.05, 0) is 42.2 Å². The lowest BCUT2D eigenvalue weighted by molar-refractivity contribution is -0.134. The summed E-state index contributed by atoms with van der Waals surface area (Å²) in [6.45, 7) is 2.32. The van der Waals surface area contributed by atoms with E-state index in [-0.39, 0.29) is 18.2 Å². The van der Waals surface area contributed by atoms with E-state index in [0.29, 0.717) is 37.7 Å². The molecule has 2 heterocycles. The van der Waals surface area contributed by atoms with Crippen LogP contribution in [-0.2, 0) is 22.6 Å². The van der Waals surface area contributed by atoms with Crippen molar-refractivity contribution in [2.75, 3.05) is 33.9 Å². The molecule has 0 bridgehead atoms. The molecule has 31 heavy (non-hydrogen) atoms. The molecular weight excluding hydrogens is 396 g/mol. The minimum Gasteiger partial charge on any atom is -0.497 e. The van der Waals surface area contributed by atoms with Crippen molar-refractivity contribution < 1.29 is 19.1 Å². The molecule has 0 saturated carbocycles. The molecule has 0 radical (unpaired) electrons. The van der Waals surface area contributed by atoms with Gasteiger partial charge in [-0.1, -0.05) is 6.07 Å². The number of benzene rings is 1. The van der Waals surface area contributed by atoms with Gasteiger partial charge in [0.15, 0.2) is 0 Å². The van der Waals surface area contributed by atoms with Crippen LogP contribution in [0.2, 0.25) is 0 Å². The molecule has 1 saturated heterocycles. The van der Waals surface area contributed by atoms with Gasteiger partial charge in [0.25, 0.3) is 0 Å². The van der Waals surface area contributed by atoms with Gasteiger partial charge in [-0.3, -0.25) is 19.5 Å². The zero-order chi connectivity index (χ0) is 22.1. The Hall–Kier alpha value is -3.13. The number of ether oxygens (including phenoxy) is 2. The molecule has 3 rings (SSSR count). The van der Waals surface area contributed by atoms with E-state index in [1.165, 1.54) is 0 Å². The van der Waals surface area contributed by atoms with Crippen molar-refractivity contribution in [1.29, 1.82) is 0 Å². The normalized spacial score (nSPS) is 16.5. The van der Waals surface area contributed by atoms with Crippen LogP contribution in [0.4, 0.5) is 0 Å². The first-order chi connectivity index (χ1) is 15.1. The van der Waals surface area contributed by atoms with Crippen molar-refractivity contribution in [3.63, 3.8) is 0 Å². The quantitative estimate of drug-likeness (QED) is 0.560. The Kier molecular flexibility index (Phi) is 8.23. The number of nitrogens with one attached hydrogen (secondary N) is 2. The van der Waals surface area contributed by atoms with Crippen LogP contribution in [0.15, 0.2) is 42.7 Å². The number of rotatable bonds is 10. The van der Waals surface area contributed by atoms with Gasteiger partial charge in [-0.2, -0.15) is 0 Å². The molecular formula is C23H30N4O4. The smallest absolute Gasteiger partial charge is 0.237 e. The van der Waals surface area contributed by atoms with Gasteiger partial charge >= 0.3 is 0 Å². The first-order valence-corrected chi connectivity index (χ1v) is 10.5. The summed E-state index contributed by atoms with van der Waals surface area (Å²) in [5.41, 5.74) is 2.11. The van der Waals surface area contributed by atoms with Crippen LogP contribution in [0.1, 0.15) is 24.0 Å². The molecule has 8 heteroatoms. The van der Waals surface area contributed by atoms with Gasteiger partial charge in [0.05, 0.1) is 26.7 Å². The summed E-state index contributed by atoms with van der Waals surface area (Å²) in [6, 6.07) is 9.07. The number of amides is 2. The van der Waals surface area contributed by atoms with Gasteiger partial charge in [0, 0.05) is 44.6 Å². The highest BCUT2D eigenvalue weighted by atomic mass is 16.5. The summed E-state index contributed by atoms with van der Waals surface area (Å²) in [6.07, 6.45) is 5.37. The number of hydrogen-bond acceptors (Lipinski definition) is 6. The van der Waals surface area contributed by atoms with Crippen molar-refractivity contribution in [1.82, 2.24) is 20.5 Å². The maximum Gasteiger partial charge on any atom is 0.237 e. The predicted octanol–water partition coefficient (Wildman–Crippen LogP) is 1.54. The third kappa shape index (κ3) is 6.68. The number of aryl methyl sites for hydroxylation is 1. The summed E-state index contributed by atoms with van der Waals surface area (Å²) in [4.78, 5) is 31.1. The van der Waals surface area contributed by atoms with Crippen molar-refractivity contribution >= 4 is 11.8 Å². The highest BCUT2D eigenvalue weighted by Gasteiger charge is 2.31. The molecule has 0 spiro atoms. The standard InChI is InChI=1S/C23H30N4O4/c1-30-19-11-18(12-20(13-19)31-2)16-27-10-9-26-23(29)21(27)14-22(28)25-8-4-6-17-5-3-7-24-15-17/h3,5,7,11-13,15,21H,4,6,8-10,14,16H2,1-2H3,(H,25,28)(H,26,29). The molecule has 2 aromatic rings. The number of aromatic nitrogens is 1. The molecule has 166 valence electrons. The minimum absolute atomic E-state index is 0.119.